The number of nitrogens with zero attached hydrogens (tertiary/aromatic N) is 3. The van der Waals surface area contributed by atoms with Crippen molar-refractivity contribution in [3.8, 4) is 0 Å². The highest BCUT2D eigenvalue weighted by Gasteiger charge is 2.26. The predicted molar refractivity (Wildman–Crippen MR) is 108 cm³/mol. The lowest BCUT2D eigenvalue weighted by Crippen LogP contribution is -2.35. The molecule has 0 spiro atoms. The molecule has 1 aromatic carbocycles. The van der Waals surface area contributed by atoms with Crippen molar-refractivity contribution in [2.45, 2.75) is 37.2 Å². The fourth-order valence-electron chi connectivity index (χ4n) is 3.30. The molecule has 2 aromatic rings. The molecule has 1 aliphatic heterocycles. The number of benzene rings is 1. The maximum Gasteiger partial charge on any atom is 0.244 e. The summed E-state index contributed by atoms with van der Waals surface area (Å²) in [5.74, 6) is 0.673. The molecule has 1 N–H and O–H groups in total. The first-order chi connectivity index (χ1) is 13.0. The van der Waals surface area contributed by atoms with Gasteiger partial charge in [-0.15, -0.1) is 0 Å². The van der Waals surface area contributed by atoms with Gasteiger partial charge in [0.05, 0.1) is 0 Å². The summed E-state index contributed by atoms with van der Waals surface area (Å²) >= 11 is 0. The van der Waals surface area contributed by atoms with Crippen molar-refractivity contribution >= 4 is 15.8 Å². The maximum atomic E-state index is 12.7. The second-order valence-electron chi connectivity index (χ2n) is 7.20. The van der Waals surface area contributed by atoms with Crippen LogP contribution in [-0.4, -0.2) is 49.8 Å². The predicted octanol–water partition coefficient (Wildman–Crippen LogP) is 2.93. The van der Waals surface area contributed by atoms with Gasteiger partial charge in [-0.3, -0.25) is 0 Å². The zero-order valence-electron chi connectivity index (χ0n) is 16.1. The first-order valence-corrected chi connectivity index (χ1v) is 10.8. The van der Waals surface area contributed by atoms with Gasteiger partial charge >= 0.3 is 0 Å². The van der Waals surface area contributed by atoms with Crippen molar-refractivity contribution in [1.29, 1.82) is 0 Å². The van der Waals surface area contributed by atoms with Crippen LogP contribution in [0, 0.1) is 0 Å². The Bertz CT molecular complexity index is 845. The molecule has 1 saturated heterocycles. The Kier molecular flexibility index (Phi) is 6.46. The highest BCUT2D eigenvalue weighted by Crippen LogP contribution is 2.21. The van der Waals surface area contributed by atoms with Gasteiger partial charge in [-0.2, -0.15) is 4.31 Å². The first-order valence-electron chi connectivity index (χ1n) is 9.38. The van der Waals surface area contributed by atoms with Gasteiger partial charge in [0.15, 0.2) is 0 Å². The zero-order chi connectivity index (χ0) is 19.3. The van der Waals surface area contributed by atoms with Crippen LogP contribution in [0.4, 0.5) is 5.82 Å². The molecule has 0 amide bonds. The van der Waals surface area contributed by atoms with E-state index in [1.807, 2.05) is 26.2 Å². The van der Waals surface area contributed by atoms with E-state index in [1.165, 1.54) is 17.3 Å². The number of hydrogen-bond acceptors (Lipinski definition) is 5. The third kappa shape index (κ3) is 5.06. The van der Waals surface area contributed by atoms with Crippen LogP contribution < -0.4 is 5.32 Å². The van der Waals surface area contributed by atoms with Crippen LogP contribution in [0.3, 0.4) is 0 Å². The molecule has 0 aliphatic carbocycles. The van der Waals surface area contributed by atoms with Gasteiger partial charge in [-0.1, -0.05) is 30.7 Å². The lowest BCUT2D eigenvalue weighted by Gasteiger charge is -2.25. The standard InChI is InChI=1S/C20H28N4O2S/c1-23(2)16-18-9-5-4-8-17(18)14-21-20-11-10-19(15-22-20)27(25,26)24-12-6-3-7-13-24/h4-5,8-11,15H,3,6-7,12-14,16H2,1-2H3,(H,21,22). The maximum absolute atomic E-state index is 12.7. The van der Waals surface area contributed by atoms with E-state index in [9.17, 15) is 8.42 Å². The molecule has 1 fully saturated rings. The van der Waals surface area contributed by atoms with E-state index in [4.69, 9.17) is 0 Å². The first kappa shape index (κ1) is 19.8. The molecule has 0 saturated carbocycles. The molecule has 0 atom stereocenters. The number of sulfonamides is 1. The van der Waals surface area contributed by atoms with Gasteiger partial charge in [0, 0.05) is 32.4 Å². The number of anilines is 1. The fourth-order valence-corrected chi connectivity index (χ4v) is 4.77. The molecular formula is C20H28N4O2S. The fraction of sp³-hybridized carbons (Fsp3) is 0.450. The van der Waals surface area contributed by atoms with Crippen molar-refractivity contribution in [3.05, 3.63) is 53.7 Å². The van der Waals surface area contributed by atoms with Crippen LogP contribution in [0.5, 0.6) is 0 Å². The molecule has 2 heterocycles. The third-order valence-corrected chi connectivity index (χ3v) is 6.64. The van der Waals surface area contributed by atoms with Crippen LogP contribution in [0.2, 0.25) is 0 Å². The Morgan fingerprint density at radius 3 is 2.37 bits per heavy atom. The summed E-state index contributed by atoms with van der Waals surface area (Å²) in [5, 5.41) is 3.29. The van der Waals surface area contributed by atoms with Gasteiger partial charge in [-0.25, -0.2) is 13.4 Å². The van der Waals surface area contributed by atoms with Crippen LogP contribution >= 0.6 is 0 Å². The van der Waals surface area contributed by atoms with E-state index >= 15 is 0 Å². The molecule has 0 unspecified atom stereocenters. The quantitative estimate of drug-likeness (QED) is 0.790. The number of rotatable bonds is 7. The summed E-state index contributed by atoms with van der Waals surface area (Å²) < 4.78 is 26.9. The average Bonchev–Trinajstić information content (AvgIpc) is 2.68. The molecule has 146 valence electrons. The minimum absolute atomic E-state index is 0.267. The number of aromatic nitrogens is 1. The summed E-state index contributed by atoms with van der Waals surface area (Å²) in [6, 6.07) is 11.7. The number of piperidine rings is 1. The number of hydrogen-bond donors (Lipinski definition) is 1. The molecule has 6 nitrogen and oxygen atoms in total. The molecule has 0 radical (unpaired) electrons. The average molecular weight is 389 g/mol. The van der Waals surface area contributed by atoms with Gasteiger partial charge in [0.25, 0.3) is 0 Å². The summed E-state index contributed by atoms with van der Waals surface area (Å²) in [6.45, 7) is 2.73. The van der Waals surface area contributed by atoms with Gasteiger partial charge < -0.3 is 10.2 Å². The van der Waals surface area contributed by atoms with Gasteiger partial charge in [-0.05, 0) is 50.2 Å². The highest BCUT2D eigenvalue weighted by atomic mass is 32.2. The smallest absolute Gasteiger partial charge is 0.244 e. The van der Waals surface area contributed by atoms with E-state index in [1.54, 1.807) is 16.4 Å². The van der Waals surface area contributed by atoms with E-state index in [2.05, 4.69) is 27.3 Å². The van der Waals surface area contributed by atoms with Crippen LogP contribution in [0.15, 0.2) is 47.5 Å². The Labute approximate surface area is 162 Å². The Balaban J connectivity index is 1.66. The molecule has 1 aliphatic rings. The normalized spacial score (nSPS) is 15.8. The summed E-state index contributed by atoms with van der Waals surface area (Å²) in [4.78, 5) is 6.72. The molecule has 3 rings (SSSR count). The lowest BCUT2D eigenvalue weighted by molar-refractivity contribution is 0.346. The van der Waals surface area contributed by atoms with Crippen LogP contribution in [0.1, 0.15) is 30.4 Å². The van der Waals surface area contributed by atoms with Crippen molar-refractivity contribution in [1.82, 2.24) is 14.2 Å². The summed E-state index contributed by atoms with van der Waals surface area (Å²) in [7, 11) is 0.669. The summed E-state index contributed by atoms with van der Waals surface area (Å²) in [6.07, 6.45) is 4.41. The van der Waals surface area contributed by atoms with Crippen molar-refractivity contribution < 1.29 is 8.42 Å². The van der Waals surface area contributed by atoms with Gasteiger partial charge in [0.1, 0.15) is 10.7 Å². The molecule has 7 heteroatoms. The number of pyridine rings is 1. The largest absolute Gasteiger partial charge is 0.366 e. The van der Waals surface area contributed by atoms with Gasteiger partial charge in [0.2, 0.25) is 10.0 Å². The van der Waals surface area contributed by atoms with Crippen molar-refractivity contribution in [3.63, 3.8) is 0 Å². The Morgan fingerprint density at radius 2 is 1.74 bits per heavy atom. The molecule has 0 bridgehead atoms. The monoisotopic (exact) mass is 388 g/mol. The van der Waals surface area contributed by atoms with Crippen molar-refractivity contribution in [2.75, 3.05) is 32.5 Å². The minimum atomic E-state index is -3.43. The SMILES string of the molecule is CN(C)Cc1ccccc1CNc1ccc(S(=O)(=O)N2CCCCC2)cn1. The second-order valence-corrected chi connectivity index (χ2v) is 9.14. The topological polar surface area (TPSA) is 65.5 Å². The summed E-state index contributed by atoms with van der Waals surface area (Å²) in [5.41, 5.74) is 2.47. The van der Waals surface area contributed by atoms with Crippen LogP contribution in [0.25, 0.3) is 0 Å². The third-order valence-electron chi connectivity index (χ3n) is 4.75. The second kappa shape index (κ2) is 8.82. The highest BCUT2D eigenvalue weighted by molar-refractivity contribution is 7.89. The van der Waals surface area contributed by atoms with E-state index in [-0.39, 0.29) is 4.90 Å². The molecule has 27 heavy (non-hydrogen) atoms. The van der Waals surface area contributed by atoms with E-state index < -0.39 is 10.0 Å². The zero-order valence-corrected chi connectivity index (χ0v) is 16.9. The number of nitrogens with one attached hydrogen (secondary N) is 1. The Hall–Kier alpha value is -1.96. The van der Waals surface area contributed by atoms with Crippen LogP contribution in [-0.2, 0) is 23.1 Å². The Morgan fingerprint density at radius 1 is 1.04 bits per heavy atom. The van der Waals surface area contributed by atoms with E-state index in [0.29, 0.717) is 25.5 Å². The molecular weight excluding hydrogens is 360 g/mol. The minimum Gasteiger partial charge on any atom is -0.366 e. The van der Waals surface area contributed by atoms with Crippen molar-refractivity contribution in [2.24, 2.45) is 0 Å². The lowest BCUT2D eigenvalue weighted by atomic mass is 10.1. The molecule has 1 aromatic heterocycles. The van der Waals surface area contributed by atoms with E-state index in [0.717, 1.165) is 25.8 Å².